The summed E-state index contributed by atoms with van der Waals surface area (Å²) in [7, 11) is 2.13. The zero-order chi connectivity index (χ0) is 26.4. The van der Waals surface area contributed by atoms with Crippen molar-refractivity contribution in [3.8, 4) is 6.07 Å². The van der Waals surface area contributed by atoms with Crippen molar-refractivity contribution in [2.45, 2.75) is 64.1 Å². The molecule has 0 atom stereocenters. The summed E-state index contributed by atoms with van der Waals surface area (Å²) in [6.07, 6.45) is 6.22. The SMILES string of the molecule is CN(Cc1ccc(C(=O)N(Nc2nc(C#N)ncc2Cl)C2CCCC2)cc1)C(C)(C)Cc1ccccc1. The topological polar surface area (TPSA) is 85.2 Å². The number of rotatable bonds is 9. The van der Waals surface area contributed by atoms with Gasteiger partial charge < -0.3 is 0 Å². The van der Waals surface area contributed by atoms with Crippen molar-refractivity contribution in [2.75, 3.05) is 12.5 Å². The number of hydrogen-bond acceptors (Lipinski definition) is 6. The highest BCUT2D eigenvalue weighted by molar-refractivity contribution is 6.32. The highest BCUT2D eigenvalue weighted by atomic mass is 35.5. The quantitative estimate of drug-likeness (QED) is 0.358. The second-order valence-corrected chi connectivity index (χ2v) is 10.7. The highest BCUT2D eigenvalue weighted by Crippen LogP contribution is 2.28. The zero-order valence-electron chi connectivity index (χ0n) is 21.6. The van der Waals surface area contributed by atoms with Gasteiger partial charge in [-0.15, -0.1) is 0 Å². The van der Waals surface area contributed by atoms with E-state index < -0.39 is 0 Å². The predicted molar refractivity (Wildman–Crippen MR) is 146 cm³/mol. The average Bonchev–Trinajstić information content (AvgIpc) is 3.43. The molecule has 0 saturated heterocycles. The number of benzene rings is 2. The number of anilines is 1. The van der Waals surface area contributed by atoms with Crippen LogP contribution in [0.25, 0.3) is 0 Å². The van der Waals surface area contributed by atoms with Crippen LogP contribution in [0.15, 0.2) is 60.8 Å². The number of nitrogens with zero attached hydrogens (tertiary/aromatic N) is 5. The van der Waals surface area contributed by atoms with E-state index in [2.05, 4.69) is 65.5 Å². The third kappa shape index (κ3) is 6.65. The van der Waals surface area contributed by atoms with E-state index in [-0.39, 0.29) is 34.2 Å². The van der Waals surface area contributed by atoms with E-state index in [9.17, 15) is 4.79 Å². The Kier molecular flexibility index (Phi) is 8.42. The van der Waals surface area contributed by atoms with Crippen LogP contribution in [-0.2, 0) is 13.0 Å². The number of hydrazine groups is 1. The third-order valence-corrected chi connectivity index (χ3v) is 7.39. The van der Waals surface area contributed by atoms with E-state index in [4.69, 9.17) is 16.9 Å². The fourth-order valence-electron chi connectivity index (χ4n) is 4.69. The Hall–Kier alpha value is -3.47. The number of aromatic nitrogens is 2. The molecule has 0 aliphatic heterocycles. The van der Waals surface area contributed by atoms with E-state index in [0.29, 0.717) is 5.56 Å². The minimum atomic E-state index is -0.149. The van der Waals surface area contributed by atoms with Crippen LogP contribution < -0.4 is 5.43 Å². The van der Waals surface area contributed by atoms with Crippen LogP contribution >= 0.6 is 11.6 Å². The molecule has 1 fully saturated rings. The molecule has 1 heterocycles. The lowest BCUT2D eigenvalue weighted by atomic mass is 9.93. The number of nitriles is 1. The molecule has 1 N–H and O–H groups in total. The van der Waals surface area contributed by atoms with Crippen molar-refractivity contribution in [1.82, 2.24) is 19.9 Å². The third-order valence-electron chi connectivity index (χ3n) is 7.11. The van der Waals surface area contributed by atoms with Crippen LogP contribution in [0.2, 0.25) is 5.02 Å². The molecule has 1 saturated carbocycles. The van der Waals surface area contributed by atoms with E-state index in [0.717, 1.165) is 44.2 Å². The van der Waals surface area contributed by atoms with Gasteiger partial charge in [0.15, 0.2) is 5.82 Å². The molecule has 0 unspecified atom stereocenters. The van der Waals surface area contributed by atoms with Crippen molar-refractivity contribution in [2.24, 2.45) is 0 Å². The number of carbonyl (C=O) groups is 1. The summed E-state index contributed by atoms with van der Waals surface area (Å²) in [5.74, 6) is 0.103. The lowest BCUT2D eigenvalue weighted by Crippen LogP contribution is -2.43. The van der Waals surface area contributed by atoms with E-state index in [1.807, 2.05) is 36.4 Å². The molecule has 0 radical (unpaired) electrons. The smallest absolute Gasteiger partial charge is 0.272 e. The first-order chi connectivity index (χ1) is 17.8. The molecule has 7 nitrogen and oxygen atoms in total. The summed E-state index contributed by atoms with van der Waals surface area (Å²) in [6.45, 7) is 5.27. The largest absolute Gasteiger partial charge is 0.297 e. The molecule has 0 spiro atoms. The maximum Gasteiger partial charge on any atom is 0.272 e. The number of likely N-dealkylation sites (N-methyl/N-ethyl adjacent to an activating group) is 1. The van der Waals surface area contributed by atoms with Gasteiger partial charge in [-0.2, -0.15) is 10.2 Å². The molecule has 1 amide bonds. The van der Waals surface area contributed by atoms with Gasteiger partial charge in [-0.1, -0.05) is 66.9 Å². The van der Waals surface area contributed by atoms with Crippen LogP contribution in [0.1, 0.15) is 66.8 Å². The molecule has 1 aromatic heterocycles. The van der Waals surface area contributed by atoms with Gasteiger partial charge in [0.2, 0.25) is 5.82 Å². The second-order valence-electron chi connectivity index (χ2n) is 10.3. The number of hydrogen-bond donors (Lipinski definition) is 1. The summed E-state index contributed by atoms with van der Waals surface area (Å²) >= 11 is 6.27. The molecule has 0 bridgehead atoms. The second kappa shape index (κ2) is 11.7. The summed E-state index contributed by atoms with van der Waals surface area (Å²) in [4.78, 5) is 24.0. The van der Waals surface area contributed by atoms with Gasteiger partial charge >= 0.3 is 0 Å². The van der Waals surface area contributed by atoms with Crippen molar-refractivity contribution >= 4 is 23.3 Å². The number of halogens is 1. The molecule has 2 aromatic carbocycles. The maximum absolute atomic E-state index is 13.6. The van der Waals surface area contributed by atoms with Gasteiger partial charge in [0, 0.05) is 17.6 Å². The predicted octanol–water partition coefficient (Wildman–Crippen LogP) is 5.87. The Morgan fingerprint density at radius 2 is 1.78 bits per heavy atom. The Morgan fingerprint density at radius 1 is 1.11 bits per heavy atom. The minimum Gasteiger partial charge on any atom is -0.297 e. The average molecular weight is 517 g/mol. The molecule has 3 aromatic rings. The standard InChI is InChI=1S/C29H33ClN6O/c1-29(2,17-21-9-5-4-6-10-21)35(3)20-22-13-15-23(16-14-22)28(37)36(24-11-7-8-12-24)34-27-25(30)19-32-26(18-31)33-27/h4-6,9-10,13-16,19,24H,7-8,11-12,17,20H2,1-3H3,(H,32,33,34). The van der Waals surface area contributed by atoms with Crippen molar-refractivity contribution < 1.29 is 4.79 Å². The van der Waals surface area contributed by atoms with Crippen LogP contribution in [0.5, 0.6) is 0 Å². The van der Waals surface area contributed by atoms with Gasteiger partial charge in [-0.05, 0) is 63.4 Å². The highest BCUT2D eigenvalue weighted by Gasteiger charge is 2.29. The minimum absolute atomic E-state index is 0.00520. The normalized spacial score (nSPS) is 13.9. The fourth-order valence-corrected chi connectivity index (χ4v) is 4.83. The molecular formula is C29H33ClN6O. The first kappa shape index (κ1) is 26.6. The van der Waals surface area contributed by atoms with Crippen molar-refractivity contribution in [3.63, 3.8) is 0 Å². The molecular weight excluding hydrogens is 484 g/mol. The molecule has 4 rings (SSSR count). The van der Waals surface area contributed by atoms with Crippen LogP contribution in [-0.4, -0.2) is 44.4 Å². The van der Waals surface area contributed by atoms with Gasteiger partial charge in [-0.3, -0.25) is 15.1 Å². The first-order valence-electron chi connectivity index (χ1n) is 12.6. The maximum atomic E-state index is 13.6. The summed E-state index contributed by atoms with van der Waals surface area (Å²) in [5.41, 5.74) is 6.09. The van der Waals surface area contributed by atoms with Crippen LogP contribution in [0, 0.1) is 11.3 Å². The Bertz CT molecular complexity index is 1250. The molecule has 1 aliphatic carbocycles. The fraction of sp³-hybridized carbons (Fsp3) is 0.379. The molecule has 37 heavy (non-hydrogen) atoms. The van der Waals surface area contributed by atoms with Crippen molar-refractivity contribution in [3.05, 3.63) is 88.3 Å². The molecule has 1 aliphatic rings. The van der Waals surface area contributed by atoms with Gasteiger partial charge in [0.1, 0.15) is 11.1 Å². The van der Waals surface area contributed by atoms with E-state index >= 15 is 0 Å². The first-order valence-corrected chi connectivity index (χ1v) is 13.0. The summed E-state index contributed by atoms with van der Waals surface area (Å²) in [6, 6.07) is 20.2. The van der Waals surface area contributed by atoms with Crippen LogP contribution in [0.3, 0.4) is 0 Å². The Balaban J connectivity index is 1.47. The monoisotopic (exact) mass is 516 g/mol. The van der Waals surface area contributed by atoms with Gasteiger partial charge in [0.05, 0.1) is 12.2 Å². The summed E-state index contributed by atoms with van der Waals surface area (Å²) < 4.78 is 0. The zero-order valence-corrected chi connectivity index (χ0v) is 22.4. The van der Waals surface area contributed by atoms with Crippen molar-refractivity contribution in [1.29, 1.82) is 5.26 Å². The number of nitrogens with one attached hydrogen (secondary N) is 1. The molecule has 192 valence electrons. The van der Waals surface area contributed by atoms with Crippen LogP contribution in [0.4, 0.5) is 5.82 Å². The molecule has 8 heteroatoms. The van der Waals surface area contributed by atoms with Gasteiger partial charge in [0.25, 0.3) is 5.91 Å². The number of carbonyl (C=O) groups excluding carboxylic acids is 1. The van der Waals surface area contributed by atoms with Gasteiger partial charge in [-0.25, -0.2) is 9.99 Å². The number of amides is 1. The Morgan fingerprint density at radius 3 is 2.43 bits per heavy atom. The van der Waals surface area contributed by atoms with E-state index in [1.54, 1.807) is 5.01 Å². The lowest BCUT2D eigenvalue weighted by molar-refractivity contribution is 0.0731. The van der Waals surface area contributed by atoms with E-state index in [1.165, 1.54) is 11.8 Å². The Labute approximate surface area is 224 Å². The lowest BCUT2D eigenvalue weighted by Gasteiger charge is -2.36. The summed E-state index contributed by atoms with van der Waals surface area (Å²) in [5, 5.41) is 11.0.